The van der Waals surface area contributed by atoms with E-state index in [9.17, 15) is 0 Å². The summed E-state index contributed by atoms with van der Waals surface area (Å²) in [5, 5.41) is 3.43. The van der Waals surface area contributed by atoms with E-state index >= 15 is 0 Å². The summed E-state index contributed by atoms with van der Waals surface area (Å²) < 4.78 is 17.0. The minimum Gasteiger partial charge on any atom is -0.492 e. The summed E-state index contributed by atoms with van der Waals surface area (Å²) in [6.07, 6.45) is 5.53. The van der Waals surface area contributed by atoms with Crippen molar-refractivity contribution in [3.63, 3.8) is 0 Å². The van der Waals surface area contributed by atoms with Gasteiger partial charge in [-0.25, -0.2) is 4.98 Å². The second-order valence-electron chi connectivity index (χ2n) is 6.07. The van der Waals surface area contributed by atoms with Gasteiger partial charge in [-0.1, -0.05) is 0 Å². The predicted molar refractivity (Wildman–Crippen MR) is 95.0 cm³/mol. The van der Waals surface area contributed by atoms with Crippen LogP contribution >= 0.6 is 0 Å². The van der Waals surface area contributed by atoms with Crippen LogP contribution in [0, 0.1) is 0 Å². The zero-order valence-corrected chi connectivity index (χ0v) is 13.9. The summed E-state index contributed by atoms with van der Waals surface area (Å²) >= 11 is 0. The van der Waals surface area contributed by atoms with E-state index in [1.807, 2.05) is 48.5 Å². The molecule has 2 aromatic carbocycles. The zero-order chi connectivity index (χ0) is 16.9. The molecule has 5 heteroatoms. The number of nitrogens with zero attached hydrogens (tertiary/aromatic N) is 1. The van der Waals surface area contributed by atoms with Gasteiger partial charge in [0.05, 0.1) is 6.20 Å². The number of nitrogens with one attached hydrogen (secondary N) is 1. The van der Waals surface area contributed by atoms with Crippen LogP contribution in [-0.4, -0.2) is 24.2 Å². The van der Waals surface area contributed by atoms with Crippen molar-refractivity contribution in [2.75, 3.05) is 13.2 Å². The molecule has 1 atom stereocenters. The molecule has 0 radical (unpaired) electrons. The van der Waals surface area contributed by atoms with Crippen LogP contribution in [0.1, 0.15) is 12.8 Å². The van der Waals surface area contributed by atoms with Crippen LogP contribution in [0.2, 0.25) is 0 Å². The lowest BCUT2D eigenvalue weighted by Crippen LogP contribution is -2.28. The van der Waals surface area contributed by atoms with Gasteiger partial charge in [0.1, 0.15) is 23.9 Å². The number of hydrogen-bond acceptors (Lipinski definition) is 5. The highest BCUT2D eigenvalue weighted by Gasteiger charge is 2.14. The largest absolute Gasteiger partial charge is 0.492 e. The van der Waals surface area contributed by atoms with Gasteiger partial charge >= 0.3 is 0 Å². The maximum absolute atomic E-state index is 5.87. The molecule has 25 heavy (non-hydrogen) atoms. The van der Waals surface area contributed by atoms with Gasteiger partial charge < -0.3 is 19.2 Å². The molecule has 1 fully saturated rings. The van der Waals surface area contributed by atoms with Crippen LogP contribution in [0.4, 0.5) is 0 Å². The molecule has 1 aliphatic heterocycles. The molecule has 0 aliphatic carbocycles. The van der Waals surface area contributed by atoms with Crippen molar-refractivity contribution in [1.82, 2.24) is 10.3 Å². The number of ether oxygens (including phenoxy) is 2. The lowest BCUT2D eigenvalue weighted by Gasteiger charge is -2.12. The standard InChI is InChI=1S/C20H20N2O3/c1-2-16(22-11-1)13-23-17-7-9-19(10-8-17)25-18-5-3-15(4-6-18)20-12-21-14-24-20/h3-10,12,14,16,22H,1-2,11,13H2. The summed E-state index contributed by atoms with van der Waals surface area (Å²) in [5.41, 5.74) is 0.967. The molecule has 0 spiro atoms. The van der Waals surface area contributed by atoms with E-state index in [1.54, 1.807) is 6.20 Å². The van der Waals surface area contributed by atoms with Gasteiger partial charge in [-0.15, -0.1) is 0 Å². The quantitative estimate of drug-likeness (QED) is 0.729. The molecule has 2 heterocycles. The number of oxazole rings is 1. The Morgan fingerprint density at radius 3 is 2.36 bits per heavy atom. The third kappa shape index (κ3) is 4.00. The Morgan fingerprint density at radius 1 is 1.00 bits per heavy atom. The number of aromatic nitrogens is 1. The van der Waals surface area contributed by atoms with E-state index in [0.29, 0.717) is 12.6 Å². The highest BCUT2D eigenvalue weighted by molar-refractivity contribution is 5.57. The minimum atomic E-state index is 0.471. The smallest absolute Gasteiger partial charge is 0.181 e. The fraction of sp³-hybridized carbons (Fsp3) is 0.250. The van der Waals surface area contributed by atoms with E-state index in [0.717, 1.165) is 35.1 Å². The maximum atomic E-state index is 5.87. The Labute approximate surface area is 146 Å². The predicted octanol–water partition coefficient (Wildman–Crippen LogP) is 4.26. The third-order valence-corrected chi connectivity index (χ3v) is 4.24. The molecule has 3 aromatic rings. The van der Waals surface area contributed by atoms with E-state index in [4.69, 9.17) is 13.9 Å². The maximum Gasteiger partial charge on any atom is 0.181 e. The Hall–Kier alpha value is -2.79. The van der Waals surface area contributed by atoms with Crippen molar-refractivity contribution < 1.29 is 13.9 Å². The van der Waals surface area contributed by atoms with Crippen LogP contribution < -0.4 is 14.8 Å². The third-order valence-electron chi connectivity index (χ3n) is 4.24. The van der Waals surface area contributed by atoms with Crippen LogP contribution in [0.5, 0.6) is 17.2 Å². The molecule has 1 unspecified atom stereocenters. The minimum absolute atomic E-state index is 0.471. The lowest BCUT2D eigenvalue weighted by atomic mass is 10.2. The van der Waals surface area contributed by atoms with Gasteiger partial charge in [0.25, 0.3) is 0 Å². The zero-order valence-electron chi connectivity index (χ0n) is 13.9. The van der Waals surface area contributed by atoms with Gasteiger partial charge in [-0.2, -0.15) is 0 Å². The van der Waals surface area contributed by atoms with Gasteiger partial charge in [0.2, 0.25) is 0 Å². The van der Waals surface area contributed by atoms with E-state index in [-0.39, 0.29) is 0 Å². The lowest BCUT2D eigenvalue weighted by molar-refractivity contribution is 0.277. The van der Waals surface area contributed by atoms with Crippen molar-refractivity contribution >= 4 is 0 Å². The average molecular weight is 336 g/mol. The molecule has 1 aromatic heterocycles. The molecule has 1 N–H and O–H groups in total. The van der Waals surface area contributed by atoms with Crippen molar-refractivity contribution in [3.8, 4) is 28.6 Å². The molecule has 1 aliphatic rings. The van der Waals surface area contributed by atoms with Crippen molar-refractivity contribution in [3.05, 3.63) is 61.1 Å². The first-order valence-electron chi connectivity index (χ1n) is 8.50. The fourth-order valence-electron chi connectivity index (χ4n) is 2.88. The molecule has 128 valence electrons. The summed E-state index contributed by atoms with van der Waals surface area (Å²) in [4.78, 5) is 3.92. The number of benzene rings is 2. The second kappa shape index (κ2) is 7.40. The average Bonchev–Trinajstić information content (AvgIpc) is 3.36. The first-order valence-corrected chi connectivity index (χ1v) is 8.50. The van der Waals surface area contributed by atoms with Crippen LogP contribution in [0.3, 0.4) is 0 Å². The van der Waals surface area contributed by atoms with Gasteiger partial charge in [-0.3, -0.25) is 0 Å². The molecule has 0 saturated carbocycles. The molecule has 0 amide bonds. The van der Waals surface area contributed by atoms with Crippen molar-refractivity contribution in [2.45, 2.75) is 18.9 Å². The Balaban J connectivity index is 1.34. The molecular weight excluding hydrogens is 316 g/mol. The first-order chi connectivity index (χ1) is 12.4. The Kier molecular flexibility index (Phi) is 4.65. The summed E-state index contributed by atoms with van der Waals surface area (Å²) in [7, 11) is 0. The first kappa shape index (κ1) is 15.7. The van der Waals surface area contributed by atoms with E-state index < -0.39 is 0 Å². The fourth-order valence-corrected chi connectivity index (χ4v) is 2.88. The van der Waals surface area contributed by atoms with E-state index in [2.05, 4.69) is 10.3 Å². The van der Waals surface area contributed by atoms with Crippen molar-refractivity contribution in [2.24, 2.45) is 0 Å². The van der Waals surface area contributed by atoms with E-state index in [1.165, 1.54) is 19.2 Å². The second-order valence-corrected chi connectivity index (χ2v) is 6.07. The van der Waals surface area contributed by atoms with Crippen LogP contribution in [0.25, 0.3) is 11.3 Å². The normalized spacial score (nSPS) is 16.7. The van der Waals surface area contributed by atoms with Crippen LogP contribution in [-0.2, 0) is 0 Å². The SMILES string of the molecule is c1ncc(-c2ccc(Oc3ccc(OCC4CCCN4)cc3)cc2)o1. The highest BCUT2D eigenvalue weighted by atomic mass is 16.5. The molecular formula is C20H20N2O3. The molecule has 5 nitrogen and oxygen atoms in total. The van der Waals surface area contributed by atoms with Crippen molar-refractivity contribution in [1.29, 1.82) is 0 Å². The van der Waals surface area contributed by atoms with Crippen LogP contribution in [0.15, 0.2) is 65.5 Å². The summed E-state index contributed by atoms with van der Waals surface area (Å²) in [5.74, 6) is 3.15. The Bertz CT molecular complexity index is 777. The van der Waals surface area contributed by atoms with Gasteiger partial charge in [0, 0.05) is 11.6 Å². The molecule has 1 saturated heterocycles. The molecule has 0 bridgehead atoms. The summed E-state index contributed by atoms with van der Waals surface area (Å²) in [6, 6.07) is 15.9. The Morgan fingerprint density at radius 2 is 1.72 bits per heavy atom. The number of rotatable bonds is 6. The monoisotopic (exact) mass is 336 g/mol. The number of hydrogen-bond donors (Lipinski definition) is 1. The molecule has 4 rings (SSSR count). The van der Waals surface area contributed by atoms with Gasteiger partial charge in [-0.05, 0) is 67.9 Å². The topological polar surface area (TPSA) is 56.5 Å². The summed E-state index contributed by atoms with van der Waals surface area (Å²) in [6.45, 7) is 1.80. The highest BCUT2D eigenvalue weighted by Crippen LogP contribution is 2.27. The van der Waals surface area contributed by atoms with Gasteiger partial charge in [0.15, 0.2) is 12.2 Å².